The van der Waals surface area contributed by atoms with E-state index in [0.29, 0.717) is 6.42 Å². The molecule has 0 aliphatic carbocycles. The molecule has 0 radical (unpaired) electrons. The highest BCUT2D eigenvalue weighted by atomic mass is 28.3. The number of ketones is 1. The van der Waals surface area contributed by atoms with E-state index < -0.39 is 8.07 Å². The smallest absolute Gasteiger partial charge is 0.163 e. The van der Waals surface area contributed by atoms with Gasteiger partial charge in [0.25, 0.3) is 0 Å². The molecule has 3 aromatic carbocycles. The molecule has 0 bridgehead atoms. The third kappa shape index (κ3) is 6.79. The van der Waals surface area contributed by atoms with Crippen LogP contribution in [0.3, 0.4) is 0 Å². The zero-order chi connectivity index (χ0) is 23.0. The van der Waals surface area contributed by atoms with Crippen LogP contribution in [0.5, 0.6) is 5.75 Å². The van der Waals surface area contributed by atoms with E-state index in [4.69, 9.17) is 4.74 Å². The average Bonchev–Trinajstić information content (AvgIpc) is 2.81. The summed E-state index contributed by atoms with van der Waals surface area (Å²) in [6, 6.07) is 28.5. The van der Waals surface area contributed by atoms with Crippen LogP contribution < -0.4 is 4.74 Å². The van der Waals surface area contributed by atoms with Gasteiger partial charge in [-0.2, -0.15) is 0 Å². The fraction of sp³-hybridized carbons (Fsp3) is 0.276. The van der Waals surface area contributed by atoms with Crippen molar-refractivity contribution in [1.29, 1.82) is 0 Å². The third-order valence-corrected chi connectivity index (χ3v) is 8.27. The number of carbonyl (C=O) groups excluding carboxylic acids is 1. The molecular weight excluding hydrogens is 408 g/mol. The van der Waals surface area contributed by atoms with Gasteiger partial charge >= 0.3 is 0 Å². The minimum atomic E-state index is -1.50. The first-order valence-corrected chi connectivity index (χ1v) is 14.8. The number of benzene rings is 3. The Kier molecular flexibility index (Phi) is 8.24. The predicted molar refractivity (Wildman–Crippen MR) is 137 cm³/mol. The Labute approximate surface area is 194 Å². The molecule has 0 aromatic heterocycles. The quantitative estimate of drug-likeness (QED) is 0.240. The van der Waals surface area contributed by atoms with Crippen LogP contribution >= 0.6 is 0 Å². The summed E-state index contributed by atoms with van der Waals surface area (Å²) >= 11 is 0. The first-order chi connectivity index (χ1) is 15.4. The van der Waals surface area contributed by atoms with Gasteiger partial charge in [0.15, 0.2) is 5.78 Å². The lowest BCUT2D eigenvalue weighted by atomic mass is 9.88. The summed E-state index contributed by atoms with van der Waals surface area (Å²) in [5.74, 6) is 1.16. The van der Waals surface area contributed by atoms with Gasteiger partial charge < -0.3 is 4.74 Å². The molecule has 1 atom stereocenters. The summed E-state index contributed by atoms with van der Waals surface area (Å²) in [6.07, 6.45) is 4.76. The van der Waals surface area contributed by atoms with Gasteiger partial charge in [0.1, 0.15) is 5.75 Å². The Morgan fingerprint density at radius 2 is 1.47 bits per heavy atom. The van der Waals surface area contributed by atoms with Gasteiger partial charge in [0.2, 0.25) is 0 Å². The second-order valence-corrected chi connectivity index (χ2v) is 14.5. The SMILES string of the molecule is COc1ccc(C(C/C=C(\Cc2ccccc2)[Si](C)(C)C)CC(=O)c2ccccc2)cc1. The largest absolute Gasteiger partial charge is 0.497 e. The van der Waals surface area contributed by atoms with Crippen LogP contribution in [0, 0.1) is 0 Å². The van der Waals surface area contributed by atoms with Crippen molar-refractivity contribution >= 4 is 13.9 Å². The molecule has 0 amide bonds. The summed E-state index contributed by atoms with van der Waals surface area (Å²) in [6.45, 7) is 7.21. The zero-order valence-electron chi connectivity index (χ0n) is 19.7. The summed E-state index contributed by atoms with van der Waals surface area (Å²) in [5, 5.41) is 1.54. The van der Waals surface area contributed by atoms with Gasteiger partial charge in [-0.3, -0.25) is 4.79 Å². The van der Waals surface area contributed by atoms with Crippen LogP contribution in [0.25, 0.3) is 0 Å². The van der Waals surface area contributed by atoms with Crippen LogP contribution in [0.1, 0.15) is 40.2 Å². The monoisotopic (exact) mass is 442 g/mol. The fourth-order valence-electron chi connectivity index (χ4n) is 3.92. The molecule has 3 heteroatoms. The molecule has 0 aliphatic rings. The molecule has 0 spiro atoms. The summed E-state index contributed by atoms with van der Waals surface area (Å²) < 4.78 is 5.34. The van der Waals surface area contributed by atoms with Crippen molar-refractivity contribution < 1.29 is 9.53 Å². The Bertz CT molecular complexity index is 1020. The highest BCUT2D eigenvalue weighted by Crippen LogP contribution is 2.30. The number of hydrogen-bond acceptors (Lipinski definition) is 2. The van der Waals surface area contributed by atoms with Crippen LogP contribution in [0.4, 0.5) is 0 Å². The van der Waals surface area contributed by atoms with Crippen LogP contribution in [0.15, 0.2) is 96.2 Å². The van der Waals surface area contributed by atoms with E-state index in [0.717, 1.165) is 24.2 Å². The van der Waals surface area contributed by atoms with E-state index >= 15 is 0 Å². The summed E-state index contributed by atoms with van der Waals surface area (Å²) in [7, 11) is 0.179. The Morgan fingerprint density at radius 1 is 0.875 bits per heavy atom. The fourth-order valence-corrected chi connectivity index (χ4v) is 5.39. The van der Waals surface area contributed by atoms with Crippen molar-refractivity contribution in [3.8, 4) is 5.75 Å². The average molecular weight is 443 g/mol. The molecule has 3 rings (SSSR count). The van der Waals surface area contributed by atoms with E-state index in [1.165, 1.54) is 16.3 Å². The second kappa shape index (κ2) is 11.1. The minimum absolute atomic E-state index is 0.135. The van der Waals surface area contributed by atoms with Crippen molar-refractivity contribution in [1.82, 2.24) is 0 Å². The molecule has 0 fully saturated rings. The lowest BCUT2D eigenvalue weighted by Gasteiger charge is -2.23. The van der Waals surface area contributed by atoms with Crippen molar-refractivity contribution in [2.24, 2.45) is 0 Å². The number of methoxy groups -OCH3 is 1. The standard InChI is InChI=1S/C29H34O2Si/c1-31-27-18-15-24(16-19-27)26(22-29(30)25-13-9-6-10-14-25)17-20-28(32(2,3)4)21-23-11-7-5-8-12-23/h5-16,18-20,26H,17,21-22H2,1-4H3/b28-20+. The summed E-state index contributed by atoms with van der Waals surface area (Å²) in [5.41, 5.74) is 3.31. The third-order valence-electron chi connectivity index (χ3n) is 5.96. The molecule has 0 saturated heterocycles. The molecule has 166 valence electrons. The van der Waals surface area contributed by atoms with E-state index in [-0.39, 0.29) is 11.7 Å². The maximum Gasteiger partial charge on any atom is 0.163 e. The molecule has 1 unspecified atom stereocenters. The van der Waals surface area contributed by atoms with Gasteiger partial charge in [-0.05, 0) is 42.0 Å². The Balaban J connectivity index is 1.87. The maximum atomic E-state index is 13.0. The van der Waals surface area contributed by atoms with Crippen molar-refractivity contribution in [3.05, 3.63) is 113 Å². The number of hydrogen-bond donors (Lipinski definition) is 0. The molecule has 0 heterocycles. The molecular formula is C29H34O2Si. The van der Waals surface area contributed by atoms with Gasteiger partial charge in [-0.1, -0.05) is 104 Å². The number of carbonyl (C=O) groups is 1. The lowest BCUT2D eigenvalue weighted by Crippen LogP contribution is -2.25. The zero-order valence-corrected chi connectivity index (χ0v) is 20.7. The van der Waals surface area contributed by atoms with E-state index in [2.05, 4.69) is 68.2 Å². The molecule has 0 aliphatic heterocycles. The topological polar surface area (TPSA) is 26.3 Å². The van der Waals surface area contributed by atoms with Gasteiger partial charge in [-0.15, -0.1) is 0 Å². The number of rotatable bonds is 10. The second-order valence-electron chi connectivity index (χ2n) is 9.34. The maximum absolute atomic E-state index is 13.0. The van der Waals surface area contributed by atoms with Gasteiger partial charge in [-0.25, -0.2) is 0 Å². The van der Waals surface area contributed by atoms with E-state index in [9.17, 15) is 4.79 Å². The van der Waals surface area contributed by atoms with Crippen molar-refractivity contribution in [2.75, 3.05) is 7.11 Å². The van der Waals surface area contributed by atoms with E-state index in [1.54, 1.807) is 7.11 Å². The van der Waals surface area contributed by atoms with Gasteiger partial charge in [0.05, 0.1) is 15.2 Å². The summed E-state index contributed by atoms with van der Waals surface area (Å²) in [4.78, 5) is 13.0. The van der Waals surface area contributed by atoms with Crippen molar-refractivity contribution in [2.45, 2.75) is 44.8 Å². The molecule has 0 N–H and O–H groups in total. The number of ether oxygens (including phenoxy) is 1. The van der Waals surface area contributed by atoms with Crippen molar-refractivity contribution in [3.63, 3.8) is 0 Å². The highest BCUT2D eigenvalue weighted by molar-refractivity contribution is 6.83. The van der Waals surface area contributed by atoms with Gasteiger partial charge in [0, 0.05) is 12.0 Å². The first kappa shape index (κ1) is 23.7. The normalized spacial score (nSPS) is 12.9. The minimum Gasteiger partial charge on any atom is -0.497 e. The Morgan fingerprint density at radius 3 is 2.03 bits per heavy atom. The van der Waals surface area contributed by atoms with Crippen LogP contribution in [-0.4, -0.2) is 21.0 Å². The van der Waals surface area contributed by atoms with E-state index in [1.807, 2.05) is 42.5 Å². The molecule has 0 saturated carbocycles. The first-order valence-electron chi connectivity index (χ1n) is 11.3. The predicted octanol–water partition coefficient (Wildman–Crippen LogP) is 7.49. The lowest BCUT2D eigenvalue weighted by molar-refractivity contribution is 0.0973. The van der Waals surface area contributed by atoms with Crippen LogP contribution in [0.2, 0.25) is 19.6 Å². The molecule has 3 aromatic rings. The van der Waals surface area contributed by atoms with Crippen LogP contribution in [-0.2, 0) is 6.42 Å². The molecule has 32 heavy (non-hydrogen) atoms. The number of allylic oxidation sites excluding steroid dienone is 2. The highest BCUT2D eigenvalue weighted by Gasteiger charge is 2.22. The molecule has 2 nitrogen and oxygen atoms in total. The number of Topliss-reactive ketones (excluding diaryl/α,β-unsaturated/α-hetero) is 1. The Hall–Kier alpha value is -2.91.